The molecule has 8 heteroatoms. The Morgan fingerprint density at radius 3 is 2.69 bits per heavy atom. The maximum Gasteiger partial charge on any atom is 0.266 e. The first-order valence-electron chi connectivity index (χ1n) is 8.88. The Bertz CT molecular complexity index is 997. The monoisotopic (exact) mass is 458 g/mol. The minimum absolute atomic E-state index is 0.0631. The molecule has 1 heterocycles. The van der Waals surface area contributed by atoms with Crippen LogP contribution in [0.5, 0.6) is 23.0 Å². The number of nitriles is 1. The van der Waals surface area contributed by atoms with Crippen molar-refractivity contribution >= 4 is 33.6 Å². The second-order valence-electron chi connectivity index (χ2n) is 5.94. The smallest absolute Gasteiger partial charge is 0.266 e. The van der Waals surface area contributed by atoms with Crippen LogP contribution in [-0.4, -0.2) is 32.8 Å². The van der Waals surface area contributed by atoms with Gasteiger partial charge in [0.25, 0.3) is 5.91 Å². The van der Waals surface area contributed by atoms with Crippen molar-refractivity contribution in [3.8, 4) is 29.1 Å². The number of carbonyl (C=O) groups excluding carboxylic acids is 1. The number of fused-ring (bicyclic) bond motifs is 1. The number of hydrogen-bond donors (Lipinski definition) is 1. The second-order valence-corrected chi connectivity index (χ2v) is 6.79. The van der Waals surface area contributed by atoms with Gasteiger partial charge in [0.1, 0.15) is 24.9 Å². The molecular formula is C21H19BrN2O5. The molecule has 0 aliphatic carbocycles. The summed E-state index contributed by atoms with van der Waals surface area (Å²) in [7, 11) is 1.53. The fourth-order valence-corrected chi connectivity index (χ4v) is 3.15. The van der Waals surface area contributed by atoms with E-state index in [1.165, 1.54) is 13.2 Å². The van der Waals surface area contributed by atoms with E-state index in [0.29, 0.717) is 58.5 Å². The summed E-state index contributed by atoms with van der Waals surface area (Å²) in [6.07, 6.45) is 1.48. The number of amides is 1. The molecule has 0 radical (unpaired) electrons. The van der Waals surface area contributed by atoms with Crippen molar-refractivity contribution < 1.29 is 23.7 Å². The third-order valence-corrected chi connectivity index (χ3v) is 4.73. The Balaban J connectivity index is 1.84. The van der Waals surface area contributed by atoms with Gasteiger partial charge in [-0.2, -0.15) is 5.26 Å². The Morgan fingerprint density at radius 1 is 1.24 bits per heavy atom. The number of hydrogen-bond acceptors (Lipinski definition) is 6. The van der Waals surface area contributed by atoms with Crippen molar-refractivity contribution in [1.29, 1.82) is 5.26 Å². The Hall–Kier alpha value is -3.18. The standard InChI is InChI=1S/C21H19BrN2O5/c1-3-27-20-11-16(22)13(9-18(20)26-2)8-14(12-23)21(25)24-15-4-5-17-19(10-15)29-7-6-28-17/h4-5,8-11H,3,6-7H2,1-2H3,(H,24,25)/b14-8+. The van der Waals surface area contributed by atoms with Gasteiger partial charge in [0.15, 0.2) is 23.0 Å². The lowest BCUT2D eigenvalue weighted by Gasteiger charge is -2.19. The zero-order chi connectivity index (χ0) is 20.8. The fourth-order valence-electron chi connectivity index (χ4n) is 2.71. The van der Waals surface area contributed by atoms with Gasteiger partial charge in [-0.25, -0.2) is 0 Å². The lowest BCUT2D eigenvalue weighted by molar-refractivity contribution is -0.112. The summed E-state index contributed by atoms with van der Waals surface area (Å²) in [5, 5.41) is 12.2. The number of methoxy groups -OCH3 is 1. The molecule has 2 aromatic carbocycles. The summed E-state index contributed by atoms with van der Waals surface area (Å²) in [5.41, 5.74) is 1.05. The summed E-state index contributed by atoms with van der Waals surface area (Å²) in [6, 6.07) is 10.4. The van der Waals surface area contributed by atoms with E-state index < -0.39 is 5.91 Å². The predicted octanol–water partition coefficient (Wildman–Crippen LogP) is 4.17. The van der Waals surface area contributed by atoms with Gasteiger partial charge in [-0.15, -0.1) is 0 Å². The molecule has 2 aromatic rings. The van der Waals surface area contributed by atoms with E-state index in [0.717, 1.165) is 0 Å². The molecule has 1 aliphatic heterocycles. The van der Waals surface area contributed by atoms with Crippen LogP contribution in [-0.2, 0) is 4.79 Å². The summed E-state index contributed by atoms with van der Waals surface area (Å²) >= 11 is 3.44. The highest BCUT2D eigenvalue weighted by Crippen LogP contribution is 2.35. The number of benzene rings is 2. The molecule has 1 aliphatic rings. The van der Waals surface area contributed by atoms with Crippen molar-refractivity contribution in [2.45, 2.75) is 6.92 Å². The van der Waals surface area contributed by atoms with Crippen molar-refractivity contribution in [3.63, 3.8) is 0 Å². The first kappa shape index (κ1) is 20.6. The largest absolute Gasteiger partial charge is 0.493 e. The fraction of sp³-hybridized carbons (Fsp3) is 0.238. The predicted molar refractivity (Wildman–Crippen MR) is 112 cm³/mol. The molecule has 0 fully saturated rings. The van der Waals surface area contributed by atoms with Crippen molar-refractivity contribution in [1.82, 2.24) is 0 Å². The number of anilines is 1. The summed E-state index contributed by atoms with van der Waals surface area (Å²) in [4.78, 5) is 12.6. The van der Waals surface area contributed by atoms with Crippen LogP contribution in [0.1, 0.15) is 12.5 Å². The average molecular weight is 459 g/mol. The van der Waals surface area contributed by atoms with Crippen molar-refractivity contribution in [2.75, 3.05) is 32.2 Å². The number of carbonyl (C=O) groups is 1. The van der Waals surface area contributed by atoms with E-state index in [-0.39, 0.29) is 5.57 Å². The number of ether oxygens (including phenoxy) is 4. The molecule has 3 rings (SSSR count). The molecule has 7 nitrogen and oxygen atoms in total. The molecule has 1 amide bonds. The maximum atomic E-state index is 12.6. The topological polar surface area (TPSA) is 89.8 Å². The van der Waals surface area contributed by atoms with Crippen molar-refractivity contribution in [2.24, 2.45) is 0 Å². The van der Waals surface area contributed by atoms with Crippen LogP contribution >= 0.6 is 15.9 Å². The molecule has 0 bridgehead atoms. The molecule has 0 saturated carbocycles. The normalized spacial score (nSPS) is 12.7. The number of nitrogens with zero attached hydrogens (tertiary/aromatic N) is 1. The van der Waals surface area contributed by atoms with Crippen molar-refractivity contribution in [3.05, 3.63) is 45.9 Å². The van der Waals surface area contributed by atoms with Gasteiger partial charge in [0.05, 0.1) is 13.7 Å². The summed E-state index contributed by atoms with van der Waals surface area (Å²) in [6.45, 7) is 3.29. The molecule has 29 heavy (non-hydrogen) atoms. The first-order chi connectivity index (χ1) is 14.0. The van der Waals surface area contributed by atoms with Crippen LogP contribution in [0, 0.1) is 11.3 Å². The Kier molecular flexibility index (Phi) is 6.62. The summed E-state index contributed by atoms with van der Waals surface area (Å²) in [5.74, 6) is 1.71. The Morgan fingerprint density at radius 2 is 2.00 bits per heavy atom. The van der Waals surface area contributed by atoms with Crippen LogP contribution in [0.3, 0.4) is 0 Å². The van der Waals surface area contributed by atoms with Gasteiger partial charge < -0.3 is 24.3 Å². The van der Waals surface area contributed by atoms with Gasteiger partial charge in [-0.1, -0.05) is 15.9 Å². The summed E-state index contributed by atoms with van der Waals surface area (Å²) < 4.78 is 22.5. The molecule has 0 atom stereocenters. The highest BCUT2D eigenvalue weighted by molar-refractivity contribution is 9.10. The van der Waals surface area contributed by atoms with Crippen LogP contribution in [0.4, 0.5) is 5.69 Å². The maximum absolute atomic E-state index is 12.6. The average Bonchev–Trinajstić information content (AvgIpc) is 2.73. The quantitative estimate of drug-likeness (QED) is 0.515. The van der Waals surface area contributed by atoms with Crippen LogP contribution < -0.4 is 24.3 Å². The van der Waals surface area contributed by atoms with Crippen LogP contribution in [0.15, 0.2) is 40.4 Å². The van der Waals surface area contributed by atoms with Gasteiger partial charge >= 0.3 is 0 Å². The SMILES string of the molecule is CCOc1cc(Br)c(/C=C(\C#N)C(=O)Nc2ccc3c(c2)OCCO3)cc1OC. The Labute approximate surface area is 177 Å². The minimum atomic E-state index is -0.538. The van der Waals surface area contributed by atoms with Gasteiger partial charge in [0, 0.05) is 16.2 Å². The molecule has 0 spiro atoms. The van der Waals surface area contributed by atoms with Gasteiger partial charge in [0.2, 0.25) is 0 Å². The molecule has 0 unspecified atom stereocenters. The second kappa shape index (κ2) is 9.34. The van der Waals surface area contributed by atoms with E-state index in [1.54, 1.807) is 30.3 Å². The zero-order valence-electron chi connectivity index (χ0n) is 16.0. The molecule has 0 saturated heterocycles. The van der Waals surface area contributed by atoms with E-state index >= 15 is 0 Å². The lowest BCUT2D eigenvalue weighted by atomic mass is 10.1. The zero-order valence-corrected chi connectivity index (χ0v) is 17.5. The van der Waals surface area contributed by atoms with E-state index in [4.69, 9.17) is 18.9 Å². The van der Waals surface area contributed by atoms with E-state index in [9.17, 15) is 10.1 Å². The highest BCUT2D eigenvalue weighted by atomic mass is 79.9. The molecule has 1 N–H and O–H groups in total. The highest BCUT2D eigenvalue weighted by Gasteiger charge is 2.16. The van der Waals surface area contributed by atoms with Crippen LogP contribution in [0.25, 0.3) is 6.08 Å². The lowest BCUT2D eigenvalue weighted by Crippen LogP contribution is -2.17. The van der Waals surface area contributed by atoms with Gasteiger partial charge in [-0.3, -0.25) is 4.79 Å². The number of halogens is 1. The van der Waals surface area contributed by atoms with Crippen LogP contribution in [0.2, 0.25) is 0 Å². The first-order valence-corrected chi connectivity index (χ1v) is 9.68. The van der Waals surface area contributed by atoms with E-state index in [1.807, 2.05) is 13.0 Å². The van der Waals surface area contributed by atoms with Gasteiger partial charge in [-0.05, 0) is 42.8 Å². The number of rotatable bonds is 6. The molecular weight excluding hydrogens is 440 g/mol. The molecule has 150 valence electrons. The van der Waals surface area contributed by atoms with E-state index in [2.05, 4.69) is 21.2 Å². The minimum Gasteiger partial charge on any atom is -0.493 e. The number of nitrogens with one attached hydrogen (secondary N) is 1. The third kappa shape index (κ3) is 4.81. The third-order valence-electron chi connectivity index (χ3n) is 4.05. The molecule has 0 aromatic heterocycles.